The fraction of sp³-hybridized carbons (Fsp3) is 0.357. The predicted octanol–water partition coefficient (Wildman–Crippen LogP) is 5.31. The number of urea groups is 1. The van der Waals surface area contributed by atoms with E-state index in [9.17, 15) is 14.4 Å². The Morgan fingerprint density at radius 1 is 1.08 bits per heavy atom. The number of amides is 3. The van der Waals surface area contributed by atoms with Crippen LogP contribution in [0.1, 0.15) is 25.3 Å². The van der Waals surface area contributed by atoms with Gasteiger partial charge in [-0.2, -0.15) is 0 Å². The average molecular weight is 559 g/mol. The molecule has 0 spiro atoms. The van der Waals surface area contributed by atoms with Crippen LogP contribution in [0.15, 0.2) is 65.0 Å². The van der Waals surface area contributed by atoms with E-state index in [1.54, 1.807) is 61.2 Å². The summed E-state index contributed by atoms with van der Waals surface area (Å²) in [6.45, 7) is 7.10. The lowest BCUT2D eigenvalue weighted by Gasteiger charge is -2.36. The van der Waals surface area contributed by atoms with Crippen LogP contribution in [0.3, 0.4) is 0 Å². The van der Waals surface area contributed by atoms with Crippen LogP contribution in [-0.4, -0.2) is 73.4 Å². The quantitative estimate of drug-likeness (QED) is 0.238. The van der Waals surface area contributed by atoms with Crippen LogP contribution in [0, 0.1) is 5.92 Å². The number of hydrogen-bond donors (Lipinski definition) is 0. The Kier molecular flexibility index (Phi) is 10.3. The van der Waals surface area contributed by atoms with Gasteiger partial charge in [0.15, 0.2) is 12.1 Å². The lowest BCUT2D eigenvalue weighted by Crippen LogP contribution is -2.45. The zero-order chi connectivity index (χ0) is 27.8. The van der Waals surface area contributed by atoms with Crippen molar-refractivity contribution >= 4 is 53.8 Å². The maximum Gasteiger partial charge on any atom is 0.325 e. The normalized spacial score (nSPS) is 14.4. The summed E-state index contributed by atoms with van der Waals surface area (Å²) < 4.78 is 0. The van der Waals surface area contributed by atoms with Gasteiger partial charge in [0, 0.05) is 62.9 Å². The number of halogens is 2. The molecule has 0 saturated carbocycles. The van der Waals surface area contributed by atoms with Crippen molar-refractivity contribution in [3.8, 4) is 0 Å². The van der Waals surface area contributed by atoms with Gasteiger partial charge in [-0.1, -0.05) is 41.4 Å². The maximum absolute atomic E-state index is 13.4. The van der Waals surface area contributed by atoms with E-state index < -0.39 is 0 Å². The number of aldehydes is 1. The smallest absolute Gasteiger partial charge is 0.325 e. The summed E-state index contributed by atoms with van der Waals surface area (Å²) in [6, 6.07) is 14.1. The van der Waals surface area contributed by atoms with Crippen molar-refractivity contribution in [2.75, 3.05) is 38.6 Å². The lowest BCUT2D eigenvalue weighted by molar-refractivity contribution is -0.130. The minimum Gasteiger partial charge on any atom is -0.343 e. The highest BCUT2D eigenvalue weighted by molar-refractivity contribution is 6.31. The largest absolute Gasteiger partial charge is 0.343 e. The fourth-order valence-corrected chi connectivity index (χ4v) is 4.78. The summed E-state index contributed by atoms with van der Waals surface area (Å²) >= 11 is 12.6. The van der Waals surface area contributed by atoms with Gasteiger partial charge in [-0.05, 0) is 61.4 Å². The maximum atomic E-state index is 13.4. The molecule has 0 aromatic heterocycles. The fourth-order valence-electron chi connectivity index (χ4n) is 4.46. The Bertz CT molecular complexity index is 1190. The van der Waals surface area contributed by atoms with Gasteiger partial charge in [-0.15, -0.1) is 0 Å². The van der Waals surface area contributed by atoms with Gasteiger partial charge in [0.2, 0.25) is 5.91 Å². The minimum atomic E-state index is -0.324. The number of carbonyl (C=O) groups excluding carboxylic acids is 3. The van der Waals surface area contributed by atoms with Crippen LogP contribution < -0.4 is 4.90 Å². The predicted molar refractivity (Wildman–Crippen MR) is 152 cm³/mol. The van der Waals surface area contributed by atoms with Gasteiger partial charge >= 0.3 is 6.03 Å². The zero-order valence-corrected chi connectivity index (χ0v) is 23.5. The van der Waals surface area contributed by atoms with E-state index in [-0.39, 0.29) is 35.9 Å². The first-order chi connectivity index (χ1) is 18.2. The molecule has 0 atom stereocenters. The molecule has 0 aliphatic carbocycles. The molecular formula is C28H33Cl2N5O3. The SMILES string of the molecule is C=N/C(=C(/C=O)N(Cc1ccccc1Cl)c1ccc(Cl)cc1)N(CC1CCN(C(C)=O)CC1)C(=O)N(C)C. The van der Waals surface area contributed by atoms with Crippen molar-refractivity contribution in [1.82, 2.24) is 14.7 Å². The molecule has 8 nitrogen and oxygen atoms in total. The molecule has 2 aromatic rings. The van der Waals surface area contributed by atoms with Crippen molar-refractivity contribution in [2.24, 2.45) is 10.9 Å². The van der Waals surface area contributed by atoms with Crippen molar-refractivity contribution in [2.45, 2.75) is 26.3 Å². The summed E-state index contributed by atoms with van der Waals surface area (Å²) in [5, 5.41) is 1.09. The molecule has 0 radical (unpaired) electrons. The molecule has 38 heavy (non-hydrogen) atoms. The standard InChI is InChI=1S/C28H33Cl2N5O3/c1-20(37)33-15-13-21(14-16-33)17-35(28(38)32(3)4)27(31-2)26(19-36)34(24-11-9-23(29)10-12-24)18-22-7-5-6-8-25(22)30/h5-12,19,21H,2,13-18H2,1,3-4H3/b27-26+. The number of carbonyl (C=O) groups is 3. The number of allylic oxidation sites excluding steroid dienone is 1. The van der Waals surface area contributed by atoms with E-state index in [0.717, 1.165) is 18.4 Å². The van der Waals surface area contributed by atoms with Crippen LogP contribution in [0.5, 0.6) is 0 Å². The Labute approximate surface area is 234 Å². The molecule has 1 fully saturated rings. The molecule has 3 rings (SSSR count). The summed E-state index contributed by atoms with van der Waals surface area (Å²) in [4.78, 5) is 48.6. The van der Waals surface area contributed by atoms with E-state index in [1.807, 2.05) is 18.2 Å². The van der Waals surface area contributed by atoms with E-state index in [0.29, 0.717) is 41.7 Å². The van der Waals surface area contributed by atoms with Gasteiger partial charge in [0.25, 0.3) is 0 Å². The number of anilines is 1. The lowest BCUT2D eigenvalue weighted by atomic mass is 9.96. The van der Waals surface area contributed by atoms with Crippen LogP contribution in [0.4, 0.5) is 10.5 Å². The number of piperidine rings is 1. The summed E-state index contributed by atoms with van der Waals surface area (Å²) in [7, 11) is 3.30. The highest BCUT2D eigenvalue weighted by Crippen LogP contribution is 2.30. The Morgan fingerprint density at radius 3 is 2.24 bits per heavy atom. The summed E-state index contributed by atoms with van der Waals surface area (Å²) in [6.07, 6.45) is 2.15. The molecule has 1 heterocycles. The number of likely N-dealkylation sites (tertiary alicyclic amines) is 1. The number of hydrogen-bond acceptors (Lipinski definition) is 5. The third-order valence-electron chi connectivity index (χ3n) is 6.58. The first-order valence-electron chi connectivity index (χ1n) is 12.3. The van der Waals surface area contributed by atoms with Crippen LogP contribution in [0.25, 0.3) is 0 Å². The van der Waals surface area contributed by atoms with E-state index >= 15 is 0 Å². The molecule has 1 saturated heterocycles. The Morgan fingerprint density at radius 2 is 1.71 bits per heavy atom. The van der Waals surface area contributed by atoms with Crippen LogP contribution in [0.2, 0.25) is 10.0 Å². The molecule has 2 aromatic carbocycles. The van der Waals surface area contributed by atoms with E-state index in [4.69, 9.17) is 23.2 Å². The average Bonchev–Trinajstić information content (AvgIpc) is 2.91. The number of benzene rings is 2. The molecule has 202 valence electrons. The van der Waals surface area contributed by atoms with Gasteiger partial charge in [0.1, 0.15) is 5.70 Å². The van der Waals surface area contributed by atoms with Gasteiger partial charge < -0.3 is 14.7 Å². The van der Waals surface area contributed by atoms with Crippen molar-refractivity contribution in [3.05, 3.63) is 75.7 Å². The zero-order valence-electron chi connectivity index (χ0n) is 21.9. The number of nitrogens with zero attached hydrogens (tertiary/aromatic N) is 5. The number of rotatable bonds is 9. The second-order valence-corrected chi connectivity index (χ2v) is 10.2. The Balaban J connectivity index is 2.08. The molecule has 0 N–H and O–H groups in total. The third-order valence-corrected chi connectivity index (χ3v) is 7.20. The van der Waals surface area contributed by atoms with Crippen LogP contribution in [-0.2, 0) is 16.1 Å². The minimum absolute atomic E-state index is 0.0411. The molecule has 0 bridgehead atoms. The van der Waals surface area contributed by atoms with Crippen molar-refractivity contribution in [3.63, 3.8) is 0 Å². The second kappa shape index (κ2) is 13.4. The first kappa shape index (κ1) is 29.2. The second-order valence-electron chi connectivity index (χ2n) is 9.38. The molecule has 10 heteroatoms. The van der Waals surface area contributed by atoms with Crippen molar-refractivity contribution < 1.29 is 14.4 Å². The Hall–Kier alpha value is -3.36. The molecule has 3 amide bonds. The van der Waals surface area contributed by atoms with Gasteiger partial charge in [0.05, 0.1) is 0 Å². The highest BCUT2D eigenvalue weighted by atomic mass is 35.5. The molecule has 0 unspecified atom stereocenters. The number of aliphatic imine (C=N–C) groups is 1. The van der Waals surface area contributed by atoms with Crippen molar-refractivity contribution in [1.29, 1.82) is 0 Å². The molecular weight excluding hydrogens is 525 g/mol. The van der Waals surface area contributed by atoms with E-state index in [1.165, 1.54) is 9.80 Å². The monoisotopic (exact) mass is 557 g/mol. The van der Waals surface area contributed by atoms with Gasteiger partial charge in [-0.25, -0.2) is 9.79 Å². The molecule has 1 aliphatic rings. The summed E-state index contributed by atoms with van der Waals surface area (Å²) in [5.41, 5.74) is 1.62. The summed E-state index contributed by atoms with van der Waals surface area (Å²) in [5.74, 6) is 0.306. The third kappa shape index (κ3) is 7.14. The first-order valence-corrected chi connectivity index (χ1v) is 13.1. The highest BCUT2D eigenvalue weighted by Gasteiger charge is 2.30. The topological polar surface area (TPSA) is 76.5 Å². The molecule has 1 aliphatic heterocycles. The van der Waals surface area contributed by atoms with E-state index in [2.05, 4.69) is 11.7 Å². The van der Waals surface area contributed by atoms with Gasteiger partial charge in [-0.3, -0.25) is 14.5 Å². The van der Waals surface area contributed by atoms with Crippen LogP contribution >= 0.6 is 23.2 Å².